The van der Waals surface area contributed by atoms with Crippen LogP contribution >= 0.6 is 22.7 Å². The van der Waals surface area contributed by atoms with Crippen molar-refractivity contribution in [3.8, 4) is 0 Å². The molecule has 0 aliphatic carbocycles. The Morgan fingerprint density at radius 2 is 1.62 bits per heavy atom. The van der Waals surface area contributed by atoms with Gasteiger partial charge in [-0.25, -0.2) is 4.79 Å². The molecule has 0 spiro atoms. The summed E-state index contributed by atoms with van der Waals surface area (Å²) in [5.74, 6) is 0. The predicted molar refractivity (Wildman–Crippen MR) is 75.3 cm³/mol. The molecule has 0 atom stereocenters. The van der Waals surface area contributed by atoms with E-state index in [4.69, 9.17) is 0 Å². The Kier molecular flexibility index (Phi) is 5.24. The zero-order valence-corrected chi connectivity index (χ0v) is 12.4. The number of ether oxygens (including phenoxy) is 1. The highest BCUT2D eigenvalue weighted by Gasteiger charge is 2.31. The second-order valence-electron chi connectivity index (χ2n) is 4.18. The van der Waals surface area contributed by atoms with E-state index in [-0.39, 0.29) is 13.1 Å². The van der Waals surface area contributed by atoms with Crippen molar-refractivity contribution in [1.82, 2.24) is 4.90 Å². The lowest BCUT2D eigenvalue weighted by Gasteiger charge is -2.21. The quantitative estimate of drug-likeness (QED) is 0.804. The zero-order valence-electron chi connectivity index (χ0n) is 10.8. The van der Waals surface area contributed by atoms with E-state index in [0.29, 0.717) is 0 Å². The van der Waals surface area contributed by atoms with Crippen molar-refractivity contribution in [2.45, 2.75) is 19.3 Å². The average molecular weight is 335 g/mol. The van der Waals surface area contributed by atoms with Gasteiger partial charge in [-0.2, -0.15) is 13.2 Å². The molecule has 0 aromatic carbocycles. The topological polar surface area (TPSA) is 29.5 Å². The molecule has 8 heteroatoms. The minimum absolute atomic E-state index is 0.228. The first-order valence-corrected chi connectivity index (χ1v) is 7.73. The third-order valence-electron chi connectivity index (χ3n) is 2.47. The Bertz CT molecular complexity index is 516. The van der Waals surface area contributed by atoms with Gasteiger partial charge < -0.3 is 4.74 Å². The molecule has 3 nitrogen and oxygen atoms in total. The number of halogens is 3. The van der Waals surface area contributed by atoms with Crippen LogP contribution in [0.15, 0.2) is 35.0 Å². The van der Waals surface area contributed by atoms with Gasteiger partial charge in [0.05, 0.1) is 13.1 Å². The lowest BCUT2D eigenvalue weighted by atomic mass is 10.4. The lowest BCUT2D eigenvalue weighted by Crippen LogP contribution is -2.33. The van der Waals surface area contributed by atoms with Crippen LogP contribution < -0.4 is 0 Å². The van der Waals surface area contributed by atoms with E-state index in [1.165, 1.54) is 27.6 Å². The number of amides is 1. The van der Waals surface area contributed by atoms with Crippen molar-refractivity contribution < 1.29 is 22.7 Å². The molecule has 2 aromatic heterocycles. The molecular weight excluding hydrogens is 323 g/mol. The summed E-state index contributed by atoms with van der Waals surface area (Å²) in [5, 5.41) is 3.69. The van der Waals surface area contributed by atoms with Gasteiger partial charge in [0.1, 0.15) is 0 Å². The van der Waals surface area contributed by atoms with Crippen molar-refractivity contribution in [3.63, 3.8) is 0 Å². The summed E-state index contributed by atoms with van der Waals surface area (Å²) in [7, 11) is 0. The molecule has 1 amide bonds. The summed E-state index contributed by atoms with van der Waals surface area (Å²) < 4.78 is 40.8. The highest BCUT2D eigenvalue weighted by atomic mass is 32.1. The van der Waals surface area contributed by atoms with Gasteiger partial charge >= 0.3 is 12.3 Å². The van der Waals surface area contributed by atoms with Gasteiger partial charge in [-0.3, -0.25) is 4.90 Å². The first kappa shape index (κ1) is 15.8. The standard InChI is InChI=1S/C13H12F3NO2S2/c14-13(15,16)9-19-12(18)17(7-10-3-1-5-20-10)8-11-4-2-6-21-11/h1-6H,7-9H2. The van der Waals surface area contributed by atoms with E-state index >= 15 is 0 Å². The number of hydrogen-bond acceptors (Lipinski definition) is 4. The SMILES string of the molecule is O=C(OCC(F)(F)F)N(Cc1cccs1)Cc1cccs1. The first-order chi connectivity index (χ1) is 9.94. The summed E-state index contributed by atoms with van der Waals surface area (Å²) in [4.78, 5) is 14.9. The zero-order chi connectivity index (χ0) is 15.3. The van der Waals surface area contributed by atoms with Crippen LogP contribution in [0, 0.1) is 0 Å². The minimum Gasteiger partial charge on any atom is -0.440 e. The van der Waals surface area contributed by atoms with E-state index in [0.717, 1.165) is 9.75 Å². The molecule has 0 fully saturated rings. The van der Waals surface area contributed by atoms with Crippen LogP contribution in [0.25, 0.3) is 0 Å². The molecular formula is C13H12F3NO2S2. The Labute approximate surface area is 127 Å². The largest absolute Gasteiger partial charge is 0.440 e. The van der Waals surface area contributed by atoms with E-state index in [1.807, 2.05) is 35.0 Å². The minimum atomic E-state index is -4.52. The van der Waals surface area contributed by atoms with Gasteiger partial charge in [-0.1, -0.05) is 12.1 Å². The average Bonchev–Trinajstić information content (AvgIpc) is 3.07. The molecule has 0 radical (unpaired) electrons. The molecule has 114 valence electrons. The smallest absolute Gasteiger partial charge is 0.422 e. The van der Waals surface area contributed by atoms with Crippen molar-refractivity contribution in [2.75, 3.05) is 6.61 Å². The predicted octanol–water partition coefficient (Wildman–Crippen LogP) is 4.51. The van der Waals surface area contributed by atoms with Gasteiger partial charge in [0.2, 0.25) is 0 Å². The normalized spacial score (nSPS) is 11.4. The van der Waals surface area contributed by atoms with Gasteiger partial charge in [-0.15, -0.1) is 22.7 Å². The highest BCUT2D eigenvalue weighted by Crippen LogP contribution is 2.20. The molecule has 0 unspecified atom stereocenters. The van der Waals surface area contributed by atoms with E-state index in [2.05, 4.69) is 4.74 Å². The van der Waals surface area contributed by atoms with Gasteiger partial charge in [0.15, 0.2) is 6.61 Å². The van der Waals surface area contributed by atoms with E-state index < -0.39 is 18.9 Å². The fraction of sp³-hybridized carbons (Fsp3) is 0.308. The van der Waals surface area contributed by atoms with Gasteiger partial charge in [0, 0.05) is 9.75 Å². The van der Waals surface area contributed by atoms with Crippen LogP contribution in [0.2, 0.25) is 0 Å². The maximum Gasteiger partial charge on any atom is 0.422 e. The van der Waals surface area contributed by atoms with Crippen LogP contribution in [-0.4, -0.2) is 23.8 Å². The van der Waals surface area contributed by atoms with Crippen molar-refractivity contribution in [1.29, 1.82) is 0 Å². The molecule has 21 heavy (non-hydrogen) atoms. The summed E-state index contributed by atoms with van der Waals surface area (Å²) in [6, 6.07) is 7.29. The van der Waals surface area contributed by atoms with E-state index in [9.17, 15) is 18.0 Å². The Morgan fingerprint density at radius 3 is 2.00 bits per heavy atom. The number of rotatable bonds is 5. The van der Waals surface area contributed by atoms with Crippen molar-refractivity contribution >= 4 is 28.8 Å². The van der Waals surface area contributed by atoms with Gasteiger partial charge in [-0.05, 0) is 22.9 Å². The number of thiophene rings is 2. The molecule has 0 saturated carbocycles. The van der Waals surface area contributed by atoms with Crippen LogP contribution in [0.5, 0.6) is 0 Å². The molecule has 0 aliphatic heterocycles. The molecule has 2 aromatic rings. The summed E-state index contributed by atoms with van der Waals surface area (Å²) in [6.45, 7) is -1.12. The Hall–Kier alpha value is -1.54. The van der Waals surface area contributed by atoms with Gasteiger partial charge in [0.25, 0.3) is 0 Å². The molecule has 0 aliphatic rings. The fourth-order valence-electron chi connectivity index (χ4n) is 1.60. The highest BCUT2D eigenvalue weighted by molar-refractivity contribution is 7.10. The maximum absolute atomic E-state index is 12.1. The molecule has 0 N–H and O–H groups in total. The second kappa shape index (κ2) is 6.95. The lowest BCUT2D eigenvalue weighted by molar-refractivity contribution is -0.162. The van der Waals surface area contributed by atoms with Crippen molar-refractivity contribution in [3.05, 3.63) is 44.8 Å². The summed E-state index contributed by atoms with van der Waals surface area (Å²) in [6.07, 6.45) is -5.48. The Balaban J connectivity index is 2.01. The second-order valence-corrected chi connectivity index (χ2v) is 6.25. The first-order valence-electron chi connectivity index (χ1n) is 5.97. The molecule has 0 bridgehead atoms. The third-order valence-corrected chi connectivity index (χ3v) is 4.19. The molecule has 2 heterocycles. The molecule has 0 saturated heterocycles. The number of hydrogen-bond donors (Lipinski definition) is 0. The molecule has 2 rings (SSSR count). The maximum atomic E-state index is 12.1. The van der Waals surface area contributed by atoms with E-state index in [1.54, 1.807) is 0 Å². The Morgan fingerprint density at radius 1 is 1.10 bits per heavy atom. The van der Waals surface area contributed by atoms with Crippen LogP contribution in [0.3, 0.4) is 0 Å². The fourth-order valence-corrected chi connectivity index (χ4v) is 3.04. The monoisotopic (exact) mass is 335 g/mol. The number of alkyl halides is 3. The van der Waals surface area contributed by atoms with Crippen LogP contribution in [0.1, 0.15) is 9.75 Å². The van der Waals surface area contributed by atoms with Crippen LogP contribution in [-0.2, 0) is 17.8 Å². The summed E-state index contributed by atoms with van der Waals surface area (Å²) >= 11 is 2.87. The third kappa shape index (κ3) is 5.39. The van der Waals surface area contributed by atoms with Crippen LogP contribution in [0.4, 0.5) is 18.0 Å². The number of nitrogens with zero attached hydrogens (tertiary/aromatic N) is 1. The van der Waals surface area contributed by atoms with Crippen molar-refractivity contribution in [2.24, 2.45) is 0 Å². The number of carbonyl (C=O) groups is 1. The summed E-state index contributed by atoms with van der Waals surface area (Å²) in [5.41, 5.74) is 0. The number of carbonyl (C=O) groups excluding carboxylic acids is 1.